The first-order valence-corrected chi connectivity index (χ1v) is 7.04. The van der Waals surface area contributed by atoms with E-state index in [4.69, 9.17) is 9.47 Å². The van der Waals surface area contributed by atoms with Crippen LogP contribution in [0.2, 0.25) is 5.82 Å². The second-order valence-corrected chi connectivity index (χ2v) is 5.04. The third kappa shape index (κ3) is 2.39. The van der Waals surface area contributed by atoms with Crippen molar-refractivity contribution in [3.63, 3.8) is 0 Å². The molecule has 0 amide bonds. The topological polar surface area (TPSA) is 18.5 Å². The third-order valence-corrected chi connectivity index (χ3v) is 3.65. The van der Waals surface area contributed by atoms with E-state index >= 15 is 0 Å². The van der Waals surface area contributed by atoms with Crippen LogP contribution in [-0.4, -0.2) is 29.2 Å². The molecule has 72 valence electrons. The van der Waals surface area contributed by atoms with Crippen LogP contribution in [0.4, 0.5) is 0 Å². The van der Waals surface area contributed by atoms with E-state index in [9.17, 15) is 0 Å². The molecule has 13 heavy (non-hydrogen) atoms. The molecule has 1 aromatic carbocycles. The fourth-order valence-electron chi connectivity index (χ4n) is 1.05. The molecular weight excluding hydrogens is 299 g/mol. The number of methoxy groups -OCH3 is 2. The van der Waals surface area contributed by atoms with Gasteiger partial charge in [0.15, 0.2) is 0 Å². The van der Waals surface area contributed by atoms with E-state index in [0.29, 0.717) is 15.0 Å². The Morgan fingerprint density at radius 1 is 1.23 bits per heavy atom. The van der Waals surface area contributed by atoms with Crippen LogP contribution in [0.3, 0.4) is 0 Å². The normalized spacial score (nSPS) is 9.85. The molecule has 0 radical (unpaired) electrons. The molecule has 0 aromatic heterocycles. The molecule has 4 heteroatoms. The van der Waals surface area contributed by atoms with E-state index in [-0.39, 0.29) is 0 Å². The molecule has 0 bridgehead atoms. The van der Waals surface area contributed by atoms with Crippen LogP contribution < -0.4 is 13.9 Å². The van der Waals surface area contributed by atoms with Gasteiger partial charge in [0, 0.05) is 0 Å². The van der Waals surface area contributed by atoms with Crippen molar-refractivity contribution < 1.29 is 9.47 Å². The number of benzene rings is 1. The Hall–Kier alpha value is -0.181. The van der Waals surface area contributed by atoms with E-state index < -0.39 is 0 Å². The average Bonchev–Trinajstić information content (AvgIpc) is 2.16. The molecule has 0 fully saturated rings. The minimum absolute atomic E-state index is 0.405. The van der Waals surface area contributed by atoms with Gasteiger partial charge in [-0.05, 0) is 0 Å². The number of hydrogen-bond acceptors (Lipinski definition) is 2. The fraction of sp³-hybridized carbons (Fsp3) is 0.333. The van der Waals surface area contributed by atoms with E-state index in [1.54, 1.807) is 14.2 Å². The van der Waals surface area contributed by atoms with Gasteiger partial charge in [0.05, 0.1) is 0 Å². The summed E-state index contributed by atoms with van der Waals surface area (Å²) in [6, 6.07) is 3.98. The van der Waals surface area contributed by atoms with Gasteiger partial charge in [-0.15, -0.1) is 0 Å². The van der Waals surface area contributed by atoms with Gasteiger partial charge < -0.3 is 0 Å². The van der Waals surface area contributed by atoms with E-state index in [1.165, 1.54) is 4.46 Å². The summed E-state index contributed by atoms with van der Waals surface area (Å²) < 4.78 is 12.7. The van der Waals surface area contributed by atoms with Crippen molar-refractivity contribution in [1.29, 1.82) is 0 Å². The first-order chi connectivity index (χ1) is 6.22. The summed E-state index contributed by atoms with van der Waals surface area (Å²) in [5.74, 6) is 3.79. The zero-order valence-electron chi connectivity index (χ0n) is 7.76. The zero-order valence-corrected chi connectivity index (χ0v) is 11.1. The molecule has 1 aromatic rings. The molecule has 1 rings (SSSR count). The van der Waals surface area contributed by atoms with Crippen LogP contribution in [0.25, 0.3) is 0 Å². The van der Waals surface area contributed by atoms with Gasteiger partial charge in [-0.2, -0.15) is 0 Å². The fourth-order valence-corrected chi connectivity index (χ4v) is 3.12. The molecule has 0 saturated carbocycles. The predicted molar refractivity (Wildman–Crippen MR) is 58.5 cm³/mol. The number of hydrogen-bond donors (Lipinski definition) is 0. The molecular formula is C9H11BrO2Se. The number of ether oxygens (including phenoxy) is 2. The first kappa shape index (κ1) is 10.9. The summed E-state index contributed by atoms with van der Waals surface area (Å²) >= 11 is 3.84. The van der Waals surface area contributed by atoms with Crippen molar-refractivity contribution in [2.45, 2.75) is 5.82 Å². The summed E-state index contributed by atoms with van der Waals surface area (Å²) in [6.07, 6.45) is 0. The maximum atomic E-state index is 5.28. The molecule has 0 aliphatic rings. The molecule has 0 aliphatic carbocycles. The second kappa shape index (κ2) is 4.89. The van der Waals surface area contributed by atoms with Crippen molar-refractivity contribution >= 4 is 35.3 Å². The van der Waals surface area contributed by atoms with Crippen molar-refractivity contribution in [3.05, 3.63) is 16.6 Å². The van der Waals surface area contributed by atoms with Gasteiger partial charge in [0.25, 0.3) is 0 Å². The molecule has 0 aliphatic heterocycles. The van der Waals surface area contributed by atoms with Crippen LogP contribution in [0.1, 0.15) is 0 Å². The Kier molecular flexibility index (Phi) is 4.10. The second-order valence-electron chi connectivity index (χ2n) is 2.34. The summed E-state index contributed by atoms with van der Waals surface area (Å²) in [7, 11) is 3.32. The standard InChI is InChI=1S/C9H11BrO2Se/c1-11-7-4-6(10)5-8(13-3)9(7)12-2/h4-5H,1-3H3. The molecule has 0 unspecified atom stereocenters. The average molecular weight is 310 g/mol. The van der Waals surface area contributed by atoms with Crippen LogP contribution >= 0.6 is 15.9 Å². The zero-order chi connectivity index (χ0) is 9.84. The SMILES string of the molecule is COc1cc(Br)cc([Se]C)c1OC. The molecule has 0 N–H and O–H groups in total. The monoisotopic (exact) mass is 310 g/mol. The van der Waals surface area contributed by atoms with Gasteiger partial charge in [-0.1, -0.05) is 0 Å². The molecule has 0 saturated heterocycles. The Balaban J connectivity index is 3.25. The molecule has 2 nitrogen and oxygen atoms in total. The van der Waals surface area contributed by atoms with Crippen molar-refractivity contribution in [2.75, 3.05) is 14.2 Å². The molecule has 0 spiro atoms. The minimum atomic E-state index is 0.405. The summed E-state index contributed by atoms with van der Waals surface area (Å²) in [5, 5.41) is 0. The Morgan fingerprint density at radius 3 is 2.38 bits per heavy atom. The van der Waals surface area contributed by atoms with Crippen LogP contribution in [0, 0.1) is 0 Å². The van der Waals surface area contributed by atoms with Gasteiger partial charge in [0.2, 0.25) is 0 Å². The van der Waals surface area contributed by atoms with E-state index in [2.05, 4.69) is 27.8 Å². The van der Waals surface area contributed by atoms with Crippen molar-refractivity contribution in [1.82, 2.24) is 0 Å². The Bertz CT molecular complexity index is 277. The quantitative estimate of drug-likeness (QED) is 0.793. The van der Waals surface area contributed by atoms with E-state index in [1.807, 2.05) is 6.07 Å². The maximum absolute atomic E-state index is 5.28. The van der Waals surface area contributed by atoms with Crippen LogP contribution in [-0.2, 0) is 0 Å². The number of rotatable bonds is 3. The summed E-state index contributed by atoms with van der Waals surface area (Å²) in [4.78, 5) is 0. The van der Waals surface area contributed by atoms with E-state index in [0.717, 1.165) is 16.0 Å². The first-order valence-electron chi connectivity index (χ1n) is 3.68. The van der Waals surface area contributed by atoms with Gasteiger partial charge in [-0.3, -0.25) is 0 Å². The third-order valence-electron chi connectivity index (χ3n) is 1.63. The van der Waals surface area contributed by atoms with Gasteiger partial charge >= 0.3 is 93.0 Å². The van der Waals surface area contributed by atoms with Crippen molar-refractivity contribution in [2.24, 2.45) is 0 Å². The number of halogens is 1. The predicted octanol–water partition coefficient (Wildman–Crippen LogP) is 1.84. The summed E-state index contributed by atoms with van der Waals surface area (Å²) in [5.41, 5.74) is 0. The van der Waals surface area contributed by atoms with Crippen LogP contribution in [0.5, 0.6) is 11.5 Å². The summed E-state index contributed by atoms with van der Waals surface area (Å²) in [6.45, 7) is 0. The Labute approximate surface area is 92.9 Å². The Morgan fingerprint density at radius 2 is 1.92 bits per heavy atom. The van der Waals surface area contributed by atoms with Gasteiger partial charge in [0.1, 0.15) is 0 Å². The van der Waals surface area contributed by atoms with Gasteiger partial charge in [-0.25, -0.2) is 0 Å². The van der Waals surface area contributed by atoms with Crippen molar-refractivity contribution in [3.8, 4) is 11.5 Å². The van der Waals surface area contributed by atoms with Crippen LogP contribution in [0.15, 0.2) is 16.6 Å². The molecule has 0 heterocycles. The molecule has 0 atom stereocenters.